The lowest BCUT2D eigenvalue weighted by molar-refractivity contribution is -0.135. The molecule has 28 heavy (non-hydrogen) atoms. The van der Waals surface area contributed by atoms with Crippen molar-refractivity contribution >= 4 is 0 Å². The summed E-state index contributed by atoms with van der Waals surface area (Å²) in [5.41, 5.74) is 1.16. The molecule has 9 unspecified atom stereocenters. The fourth-order valence-corrected chi connectivity index (χ4v) is 8.91. The van der Waals surface area contributed by atoms with Crippen molar-refractivity contribution in [2.75, 3.05) is 6.61 Å². The molecule has 4 saturated carbocycles. The second kappa shape index (κ2) is 9.84. The first-order valence-electron chi connectivity index (χ1n) is 13.0. The van der Waals surface area contributed by atoms with Crippen LogP contribution in [0.15, 0.2) is 0 Å². The van der Waals surface area contributed by atoms with Crippen LogP contribution in [0.2, 0.25) is 0 Å². The standard InChI is InChI=1S/C23H40O.2C2H6/c1-15-13-17-20-9-8-19(16(2)14-24)23(20,4)12-10-21(17)22(3)11-6-5-7-18(15)22;2*1-2/h15-21,24H,5-14H2,1-4H3;2*1-2H3. The Morgan fingerprint density at radius 2 is 1.46 bits per heavy atom. The predicted molar refractivity (Wildman–Crippen MR) is 123 cm³/mol. The highest BCUT2D eigenvalue weighted by molar-refractivity contribution is 5.10. The molecular formula is C27H52O. The lowest BCUT2D eigenvalue weighted by Gasteiger charge is -2.62. The third-order valence-electron chi connectivity index (χ3n) is 9.99. The summed E-state index contributed by atoms with van der Waals surface area (Å²) < 4.78 is 0. The lowest BCUT2D eigenvalue weighted by atomic mass is 9.43. The maximum absolute atomic E-state index is 9.77. The number of hydrogen-bond donors (Lipinski definition) is 1. The average molecular weight is 393 g/mol. The summed E-state index contributed by atoms with van der Waals surface area (Å²) in [4.78, 5) is 0. The predicted octanol–water partition coefficient (Wildman–Crippen LogP) is 7.96. The van der Waals surface area contributed by atoms with Crippen LogP contribution in [0.25, 0.3) is 0 Å². The van der Waals surface area contributed by atoms with Gasteiger partial charge in [-0.25, -0.2) is 0 Å². The van der Waals surface area contributed by atoms with Gasteiger partial charge in [0.2, 0.25) is 0 Å². The van der Waals surface area contributed by atoms with Crippen LogP contribution in [-0.2, 0) is 0 Å². The Morgan fingerprint density at radius 3 is 2.11 bits per heavy atom. The van der Waals surface area contributed by atoms with Gasteiger partial charge in [0, 0.05) is 6.61 Å². The molecule has 1 N–H and O–H groups in total. The normalized spacial score (nSPS) is 47.9. The maximum Gasteiger partial charge on any atom is 0.0459 e. The van der Waals surface area contributed by atoms with Crippen LogP contribution in [0, 0.1) is 52.3 Å². The number of aliphatic hydroxyl groups excluding tert-OH is 1. The Hall–Kier alpha value is -0.0400. The van der Waals surface area contributed by atoms with E-state index >= 15 is 0 Å². The van der Waals surface area contributed by atoms with Crippen LogP contribution in [0.3, 0.4) is 0 Å². The fraction of sp³-hybridized carbons (Fsp3) is 1.00. The van der Waals surface area contributed by atoms with Crippen LogP contribution < -0.4 is 0 Å². The summed E-state index contributed by atoms with van der Waals surface area (Å²) >= 11 is 0. The van der Waals surface area contributed by atoms with E-state index in [1.165, 1.54) is 57.8 Å². The van der Waals surface area contributed by atoms with Crippen molar-refractivity contribution < 1.29 is 5.11 Å². The van der Waals surface area contributed by atoms with Gasteiger partial charge in [0.1, 0.15) is 0 Å². The molecule has 4 rings (SSSR count). The molecule has 0 aromatic heterocycles. The van der Waals surface area contributed by atoms with Gasteiger partial charge in [-0.2, -0.15) is 0 Å². The fourth-order valence-electron chi connectivity index (χ4n) is 8.91. The Morgan fingerprint density at radius 1 is 0.821 bits per heavy atom. The Bertz CT molecular complexity index is 473. The van der Waals surface area contributed by atoms with E-state index in [1.807, 2.05) is 27.7 Å². The zero-order valence-corrected chi connectivity index (χ0v) is 20.6. The minimum absolute atomic E-state index is 0.386. The summed E-state index contributed by atoms with van der Waals surface area (Å²) in [7, 11) is 0. The van der Waals surface area contributed by atoms with E-state index in [0.29, 0.717) is 23.4 Å². The zero-order valence-electron chi connectivity index (χ0n) is 20.6. The number of rotatable bonds is 2. The number of fused-ring (bicyclic) bond motifs is 5. The molecule has 9 atom stereocenters. The minimum Gasteiger partial charge on any atom is -0.396 e. The second-order valence-electron chi connectivity index (χ2n) is 10.8. The second-order valence-corrected chi connectivity index (χ2v) is 10.8. The van der Waals surface area contributed by atoms with E-state index < -0.39 is 0 Å². The Balaban J connectivity index is 0.000000660. The smallest absolute Gasteiger partial charge is 0.0459 e. The first-order valence-corrected chi connectivity index (χ1v) is 13.0. The monoisotopic (exact) mass is 392 g/mol. The molecule has 0 saturated heterocycles. The van der Waals surface area contributed by atoms with Gasteiger partial charge < -0.3 is 5.11 Å². The topological polar surface area (TPSA) is 20.2 Å². The van der Waals surface area contributed by atoms with Gasteiger partial charge >= 0.3 is 0 Å². The summed E-state index contributed by atoms with van der Waals surface area (Å²) in [6.07, 6.45) is 13.2. The molecule has 166 valence electrons. The Kier molecular flexibility index (Phi) is 8.52. The molecular weight excluding hydrogens is 340 g/mol. The summed E-state index contributed by atoms with van der Waals surface area (Å²) in [5, 5.41) is 9.77. The van der Waals surface area contributed by atoms with Crippen molar-refractivity contribution in [2.45, 2.75) is 113 Å². The molecule has 0 aromatic carbocycles. The minimum atomic E-state index is 0.386. The first-order chi connectivity index (χ1) is 13.4. The molecule has 0 radical (unpaired) electrons. The summed E-state index contributed by atoms with van der Waals surface area (Å²) in [6, 6.07) is 0. The Labute approximate surface area is 177 Å². The third kappa shape index (κ3) is 3.83. The molecule has 0 aliphatic heterocycles. The van der Waals surface area contributed by atoms with Crippen molar-refractivity contribution in [3.8, 4) is 0 Å². The van der Waals surface area contributed by atoms with Crippen molar-refractivity contribution in [3.05, 3.63) is 0 Å². The van der Waals surface area contributed by atoms with E-state index in [9.17, 15) is 5.11 Å². The number of hydrogen-bond acceptors (Lipinski definition) is 1. The summed E-state index contributed by atoms with van der Waals surface area (Å²) in [5.74, 6) is 6.13. The van der Waals surface area contributed by atoms with Crippen LogP contribution in [0.4, 0.5) is 0 Å². The zero-order chi connectivity index (χ0) is 21.1. The van der Waals surface area contributed by atoms with Crippen molar-refractivity contribution in [1.29, 1.82) is 0 Å². The van der Waals surface area contributed by atoms with Crippen molar-refractivity contribution in [3.63, 3.8) is 0 Å². The maximum atomic E-state index is 9.77. The highest BCUT2D eigenvalue weighted by Crippen LogP contribution is 2.69. The van der Waals surface area contributed by atoms with Gasteiger partial charge in [0.05, 0.1) is 0 Å². The van der Waals surface area contributed by atoms with Gasteiger partial charge in [0.25, 0.3) is 0 Å². The van der Waals surface area contributed by atoms with Crippen LogP contribution in [0.1, 0.15) is 113 Å². The van der Waals surface area contributed by atoms with Gasteiger partial charge in [-0.1, -0.05) is 68.2 Å². The highest BCUT2D eigenvalue weighted by atomic mass is 16.3. The quantitative estimate of drug-likeness (QED) is 0.505. The molecule has 0 bridgehead atoms. The van der Waals surface area contributed by atoms with E-state index in [1.54, 1.807) is 0 Å². The average Bonchev–Trinajstić information content (AvgIpc) is 3.08. The van der Waals surface area contributed by atoms with Gasteiger partial charge in [-0.05, 0) is 97.2 Å². The molecule has 1 nitrogen and oxygen atoms in total. The molecule has 0 heterocycles. The van der Waals surface area contributed by atoms with E-state index in [0.717, 1.165) is 35.5 Å². The first kappa shape index (κ1) is 24.2. The molecule has 4 fully saturated rings. The molecule has 0 aromatic rings. The molecule has 4 aliphatic rings. The highest BCUT2D eigenvalue weighted by Gasteiger charge is 2.61. The van der Waals surface area contributed by atoms with Crippen LogP contribution in [0.5, 0.6) is 0 Å². The van der Waals surface area contributed by atoms with Gasteiger partial charge in [-0.15, -0.1) is 0 Å². The van der Waals surface area contributed by atoms with Crippen LogP contribution >= 0.6 is 0 Å². The summed E-state index contributed by atoms with van der Waals surface area (Å²) in [6.45, 7) is 18.6. The van der Waals surface area contributed by atoms with Crippen LogP contribution in [-0.4, -0.2) is 11.7 Å². The number of aliphatic hydroxyl groups is 1. The SMILES string of the molecule is CC.CC.CC(CO)C1CCC2C3CC(C)C4CCCCC4(C)C3CCC12C. The molecule has 1 heteroatoms. The van der Waals surface area contributed by atoms with Crippen molar-refractivity contribution in [2.24, 2.45) is 52.3 Å². The lowest BCUT2D eigenvalue weighted by Crippen LogP contribution is -2.55. The molecule has 0 spiro atoms. The van der Waals surface area contributed by atoms with Crippen molar-refractivity contribution in [1.82, 2.24) is 0 Å². The van der Waals surface area contributed by atoms with Gasteiger partial charge in [-0.3, -0.25) is 0 Å². The van der Waals surface area contributed by atoms with E-state index in [-0.39, 0.29) is 0 Å². The molecule has 4 aliphatic carbocycles. The largest absolute Gasteiger partial charge is 0.396 e. The molecule has 0 amide bonds. The van der Waals surface area contributed by atoms with E-state index in [4.69, 9.17) is 0 Å². The van der Waals surface area contributed by atoms with E-state index in [2.05, 4.69) is 27.7 Å². The van der Waals surface area contributed by atoms with Gasteiger partial charge in [0.15, 0.2) is 0 Å². The third-order valence-corrected chi connectivity index (χ3v) is 9.99.